The molecule has 3 N–H and O–H groups in total. The Hall–Kier alpha value is -1.71. The number of carbonyl (C=O) groups excluding carboxylic acids is 1. The first-order valence-electron chi connectivity index (χ1n) is 6.91. The number of amides is 1. The molecule has 0 bridgehead atoms. The SMILES string of the molecule is CC1CCCC1CNC(=O)COc1ccccc1N. The summed E-state index contributed by atoms with van der Waals surface area (Å²) >= 11 is 0. The Labute approximate surface area is 114 Å². The highest BCUT2D eigenvalue weighted by atomic mass is 16.5. The molecule has 0 aliphatic heterocycles. The van der Waals surface area contributed by atoms with E-state index in [0.717, 1.165) is 6.54 Å². The Morgan fingerprint density at radius 2 is 2.21 bits per heavy atom. The van der Waals surface area contributed by atoms with Crippen molar-refractivity contribution in [1.82, 2.24) is 5.32 Å². The molecule has 0 radical (unpaired) electrons. The smallest absolute Gasteiger partial charge is 0.257 e. The van der Waals surface area contributed by atoms with Gasteiger partial charge in [0.15, 0.2) is 6.61 Å². The van der Waals surface area contributed by atoms with Crippen LogP contribution in [0.3, 0.4) is 0 Å². The van der Waals surface area contributed by atoms with Crippen molar-refractivity contribution in [3.8, 4) is 5.75 Å². The molecular formula is C15H22N2O2. The number of nitrogens with one attached hydrogen (secondary N) is 1. The first kappa shape index (κ1) is 13.7. The van der Waals surface area contributed by atoms with Crippen LogP contribution >= 0.6 is 0 Å². The number of carbonyl (C=O) groups is 1. The minimum atomic E-state index is -0.0812. The van der Waals surface area contributed by atoms with E-state index in [-0.39, 0.29) is 12.5 Å². The second-order valence-corrected chi connectivity index (χ2v) is 5.30. The zero-order valence-corrected chi connectivity index (χ0v) is 11.4. The maximum atomic E-state index is 11.7. The van der Waals surface area contributed by atoms with Gasteiger partial charge in [-0.15, -0.1) is 0 Å². The predicted molar refractivity (Wildman–Crippen MR) is 75.9 cm³/mol. The Kier molecular flexibility index (Phi) is 4.66. The van der Waals surface area contributed by atoms with E-state index in [1.807, 2.05) is 12.1 Å². The summed E-state index contributed by atoms with van der Waals surface area (Å²) < 4.78 is 5.40. The van der Waals surface area contributed by atoms with Gasteiger partial charge in [0, 0.05) is 6.54 Å². The standard InChI is InChI=1S/C15H22N2O2/c1-11-5-4-6-12(11)9-17-15(18)10-19-14-8-3-2-7-13(14)16/h2-3,7-8,11-12H,4-6,9-10,16H2,1H3,(H,17,18). The summed E-state index contributed by atoms with van der Waals surface area (Å²) in [6, 6.07) is 7.20. The van der Waals surface area contributed by atoms with Crippen molar-refractivity contribution in [2.75, 3.05) is 18.9 Å². The molecule has 104 valence electrons. The number of nitrogens with two attached hydrogens (primary N) is 1. The Morgan fingerprint density at radius 1 is 1.42 bits per heavy atom. The maximum Gasteiger partial charge on any atom is 0.257 e. The van der Waals surface area contributed by atoms with Gasteiger partial charge in [0.1, 0.15) is 5.75 Å². The third kappa shape index (κ3) is 3.88. The average Bonchev–Trinajstić information content (AvgIpc) is 2.81. The number of benzene rings is 1. The van der Waals surface area contributed by atoms with Crippen molar-refractivity contribution in [2.24, 2.45) is 11.8 Å². The summed E-state index contributed by atoms with van der Waals surface area (Å²) in [7, 11) is 0. The molecule has 19 heavy (non-hydrogen) atoms. The van der Waals surface area contributed by atoms with Crippen LogP contribution in [0.25, 0.3) is 0 Å². The van der Waals surface area contributed by atoms with Crippen LogP contribution in [0, 0.1) is 11.8 Å². The lowest BCUT2D eigenvalue weighted by Gasteiger charge is -2.16. The first-order valence-corrected chi connectivity index (χ1v) is 6.91. The number of rotatable bonds is 5. The number of ether oxygens (including phenoxy) is 1. The van der Waals surface area contributed by atoms with Gasteiger partial charge in [-0.05, 0) is 30.4 Å². The van der Waals surface area contributed by atoms with Gasteiger partial charge < -0.3 is 15.8 Å². The number of hydrogen-bond acceptors (Lipinski definition) is 3. The average molecular weight is 262 g/mol. The molecule has 1 aliphatic carbocycles. The molecule has 4 heteroatoms. The largest absolute Gasteiger partial charge is 0.482 e. The fourth-order valence-electron chi connectivity index (χ4n) is 2.58. The molecule has 1 saturated carbocycles. The van der Waals surface area contributed by atoms with Crippen molar-refractivity contribution < 1.29 is 9.53 Å². The molecule has 2 rings (SSSR count). The van der Waals surface area contributed by atoms with Crippen LogP contribution in [0.2, 0.25) is 0 Å². The molecule has 1 aromatic rings. The number of anilines is 1. The van der Waals surface area contributed by atoms with Gasteiger partial charge in [-0.25, -0.2) is 0 Å². The lowest BCUT2D eigenvalue weighted by molar-refractivity contribution is -0.123. The second kappa shape index (κ2) is 6.45. The van der Waals surface area contributed by atoms with Crippen LogP contribution in [0.15, 0.2) is 24.3 Å². The van der Waals surface area contributed by atoms with Gasteiger partial charge >= 0.3 is 0 Å². The van der Waals surface area contributed by atoms with Crippen molar-refractivity contribution in [3.63, 3.8) is 0 Å². The Bertz CT molecular complexity index is 434. The number of para-hydroxylation sites is 2. The molecule has 1 aliphatic rings. The third-order valence-electron chi connectivity index (χ3n) is 3.88. The summed E-state index contributed by atoms with van der Waals surface area (Å²) in [6.45, 7) is 3.04. The van der Waals surface area contributed by atoms with Gasteiger partial charge in [-0.1, -0.05) is 31.9 Å². The summed E-state index contributed by atoms with van der Waals surface area (Å²) in [4.78, 5) is 11.7. The summed E-state index contributed by atoms with van der Waals surface area (Å²) in [5.74, 6) is 1.81. The second-order valence-electron chi connectivity index (χ2n) is 5.30. The minimum Gasteiger partial charge on any atom is -0.482 e. The van der Waals surface area contributed by atoms with Crippen LogP contribution in [0.5, 0.6) is 5.75 Å². The summed E-state index contributed by atoms with van der Waals surface area (Å²) in [5.41, 5.74) is 6.30. The van der Waals surface area contributed by atoms with E-state index in [1.54, 1.807) is 12.1 Å². The number of nitrogen functional groups attached to an aromatic ring is 1. The molecule has 2 atom stereocenters. The molecule has 4 nitrogen and oxygen atoms in total. The summed E-state index contributed by atoms with van der Waals surface area (Å²) in [6.07, 6.45) is 3.77. The summed E-state index contributed by atoms with van der Waals surface area (Å²) in [5, 5.41) is 2.94. The third-order valence-corrected chi connectivity index (χ3v) is 3.88. The van der Waals surface area contributed by atoms with Crippen molar-refractivity contribution >= 4 is 11.6 Å². The van der Waals surface area contributed by atoms with E-state index in [9.17, 15) is 4.79 Å². The van der Waals surface area contributed by atoms with Crippen LogP contribution in [0.1, 0.15) is 26.2 Å². The van der Waals surface area contributed by atoms with Crippen LogP contribution in [-0.2, 0) is 4.79 Å². The zero-order chi connectivity index (χ0) is 13.7. The molecule has 0 saturated heterocycles. The van der Waals surface area contributed by atoms with E-state index >= 15 is 0 Å². The van der Waals surface area contributed by atoms with Gasteiger partial charge in [0.05, 0.1) is 5.69 Å². The Morgan fingerprint density at radius 3 is 2.89 bits per heavy atom. The van der Waals surface area contributed by atoms with E-state index in [1.165, 1.54) is 19.3 Å². The molecule has 0 heterocycles. The highest BCUT2D eigenvalue weighted by Gasteiger charge is 2.23. The van der Waals surface area contributed by atoms with Crippen LogP contribution < -0.4 is 15.8 Å². The fourth-order valence-corrected chi connectivity index (χ4v) is 2.58. The topological polar surface area (TPSA) is 64.3 Å². The molecule has 2 unspecified atom stereocenters. The molecule has 1 fully saturated rings. The van der Waals surface area contributed by atoms with Crippen molar-refractivity contribution in [3.05, 3.63) is 24.3 Å². The maximum absolute atomic E-state index is 11.7. The normalized spacial score (nSPS) is 22.2. The quantitative estimate of drug-likeness (QED) is 0.800. The molecule has 0 aromatic heterocycles. The first-order chi connectivity index (χ1) is 9.16. The van der Waals surface area contributed by atoms with Gasteiger partial charge in [-0.2, -0.15) is 0 Å². The van der Waals surface area contributed by atoms with Gasteiger partial charge in [0.2, 0.25) is 0 Å². The minimum absolute atomic E-state index is 0.0231. The number of hydrogen-bond donors (Lipinski definition) is 2. The fraction of sp³-hybridized carbons (Fsp3) is 0.533. The van der Waals surface area contributed by atoms with E-state index in [4.69, 9.17) is 10.5 Å². The van der Waals surface area contributed by atoms with Crippen molar-refractivity contribution in [1.29, 1.82) is 0 Å². The predicted octanol–water partition coefficient (Wildman–Crippen LogP) is 2.20. The van der Waals surface area contributed by atoms with Gasteiger partial charge in [0.25, 0.3) is 5.91 Å². The van der Waals surface area contributed by atoms with E-state index in [2.05, 4.69) is 12.2 Å². The monoisotopic (exact) mass is 262 g/mol. The highest BCUT2D eigenvalue weighted by molar-refractivity contribution is 5.77. The van der Waals surface area contributed by atoms with Gasteiger partial charge in [-0.3, -0.25) is 4.79 Å². The molecular weight excluding hydrogens is 240 g/mol. The lowest BCUT2D eigenvalue weighted by Crippen LogP contribution is -2.33. The van der Waals surface area contributed by atoms with Crippen LogP contribution in [-0.4, -0.2) is 19.1 Å². The molecule has 1 amide bonds. The lowest BCUT2D eigenvalue weighted by atomic mass is 9.98. The van der Waals surface area contributed by atoms with E-state index in [0.29, 0.717) is 23.3 Å². The molecule has 1 aromatic carbocycles. The van der Waals surface area contributed by atoms with Crippen LogP contribution in [0.4, 0.5) is 5.69 Å². The zero-order valence-electron chi connectivity index (χ0n) is 11.4. The van der Waals surface area contributed by atoms with E-state index < -0.39 is 0 Å². The Balaban J connectivity index is 1.71. The van der Waals surface area contributed by atoms with Crippen molar-refractivity contribution in [2.45, 2.75) is 26.2 Å². The highest BCUT2D eigenvalue weighted by Crippen LogP contribution is 2.30. The molecule has 0 spiro atoms.